The van der Waals surface area contributed by atoms with Crippen LogP contribution >= 0.6 is 15.9 Å². The zero-order chi connectivity index (χ0) is 17.7. The van der Waals surface area contributed by atoms with E-state index in [0.717, 1.165) is 25.9 Å². The maximum atomic E-state index is 11.7. The summed E-state index contributed by atoms with van der Waals surface area (Å²) in [4.78, 5) is 18.2. The van der Waals surface area contributed by atoms with Gasteiger partial charge in [-0.25, -0.2) is 9.78 Å². The first-order valence-corrected chi connectivity index (χ1v) is 8.86. The van der Waals surface area contributed by atoms with Gasteiger partial charge in [-0.3, -0.25) is 4.90 Å². The Labute approximate surface area is 150 Å². The molecule has 2 rings (SSSR count). The number of nitrogen functional groups attached to an aromatic ring is 1. The second-order valence-electron chi connectivity index (χ2n) is 7.01. The van der Waals surface area contributed by atoms with E-state index in [9.17, 15) is 4.79 Å². The van der Waals surface area contributed by atoms with Gasteiger partial charge in [0.1, 0.15) is 5.60 Å². The maximum Gasteiger partial charge on any atom is 0.407 e. The number of aromatic nitrogens is 3. The van der Waals surface area contributed by atoms with Crippen LogP contribution in [-0.2, 0) is 11.3 Å². The molecule has 0 unspecified atom stereocenters. The zero-order valence-corrected chi connectivity index (χ0v) is 16.0. The Bertz CT molecular complexity index is 570. The molecule has 0 radical (unpaired) electrons. The number of carbonyl (C=O) groups excluding carboxylic acids is 1. The molecular formula is C15H25BrN6O2. The van der Waals surface area contributed by atoms with Gasteiger partial charge in [0, 0.05) is 6.54 Å². The van der Waals surface area contributed by atoms with Crippen LogP contribution in [0.5, 0.6) is 0 Å². The third-order valence-corrected chi connectivity index (χ3v) is 4.29. The molecule has 0 aliphatic carbocycles. The lowest BCUT2D eigenvalue weighted by molar-refractivity contribution is 0.0509. The van der Waals surface area contributed by atoms with Crippen molar-refractivity contribution in [1.29, 1.82) is 0 Å². The molecule has 3 N–H and O–H groups in total. The Morgan fingerprint density at radius 3 is 2.62 bits per heavy atom. The van der Waals surface area contributed by atoms with E-state index in [-0.39, 0.29) is 6.09 Å². The third-order valence-electron chi connectivity index (χ3n) is 3.72. The second-order valence-corrected chi connectivity index (χ2v) is 7.76. The average Bonchev–Trinajstić information content (AvgIpc) is 2.49. The van der Waals surface area contributed by atoms with Gasteiger partial charge in [-0.05, 0) is 68.6 Å². The Kier molecular flexibility index (Phi) is 6.34. The number of hydrogen-bond acceptors (Lipinski definition) is 7. The van der Waals surface area contributed by atoms with E-state index in [1.807, 2.05) is 20.8 Å². The van der Waals surface area contributed by atoms with E-state index in [0.29, 0.717) is 35.3 Å². The molecule has 1 saturated heterocycles. The van der Waals surface area contributed by atoms with Crippen molar-refractivity contribution in [2.75, 3.05) is 25.4 Å². The molecule has 0 spiro atoms. The van der Waals surface area contributed by atoms with E-state index < -0.39 is 5.60 Å². The van der Waals surface area contributed by atoms with E-state index >= 15 is 0 Å². The van der Waals surface area contributed by atoms with Gasteiger partial charge in [0.05, 0.1) is 6.54 Å². The predicted octanol–water partition coefficient (Wildman–Crippen LogP) is 1.95. The first-order valence-electron chi connectivity index (χ1n) is 8.06. The lowest BCUT2D eigenvalue weighted by Gasteiger charge is -2.31. The molecule has 1 aliphatic heterocycles. The van der Waals surface area contributed by atoms with E-state index in [1.54, 1.807) is 0 Å². The van der Waals surface area contributed by atoms with Crippen LogP contribution in [0.1, 0.15) is 39.4 Å². The molecule has 1 aliphatic rings. The highest BCUT2D eigenvalue weighted by atomic mass is 79.9. The van der Waals surface area contributed by atoms with Crippen molar-refractivity contribution in [2.24, 2.45) is 5.92 Å². The highest BCUT2D eigenvalue weighted by Gasteiger charge is 2.22. The van der Waals surface area contributed by atoms with Gasteiger partial charge in [0.25, 0.3) is 0 Å². The summed E-state index contributed by atoms with van der Waals surface area (Å²) >= 11 is 3.19. The van der Waals surface area contributed by atoms with E-state index in [2.05, 4.69) is 41.3 Å². The Morgan fingerprint density at radius 2 is 2.04 bits per heavy atom. The fourth-order valence-corrected chi connectivity index (χ4v) is 2.69. The monoisotopic (exact) mass is 400 g/mol. The Morgan fingerprint density at radius 1 is 1.38 bits per heavy atom. The van der Waals surface area contributed by atoms with Crippen LogP contribution in [-0.4, -0.2) is 51.4 Å². The fourth-order valence-electron chi connectivity index (χ4n) is 2.52. The molecule has 1 aromatic rings. The zero-order valence-electron chi connectivity index (χ0n) is 14.4. The van der Waals surface area contributed by atoms with Gasteiger partial charge in [0.2, 0.25) is 0 Å². The first kappa shape index (κ1) is 18.9. The van der Waals surface area contributed by atoms with Crippen molar-refractivity contribution < 1.29 is 9.53 Å². The summed E-state index contributed by atoms with van der Waals surface area (Å²) in [5, 5.41) is 10.8. The number of nitrogens with zero attached hydrogens (tertiary/aromatic N) is 4. The van der Waals surface area contributed by atoms with Crippen molar-refractivity contribution in [3.63, 3.8) is 0 Å². The number of amides is 1. The normalized spacial score (nSPS) is 16.8. The summed E-state index contributed by atoms with van der Waals surface area (Å²) in [6.45, 7) is 8.72. The van der Waals surface area contributed by atoms with Crippen molar-refractivity contribution in [3.8, 4) is 0 Å². The standard InChI is InChI=1S/C15H25BrN6O2/c1-15(2,3)24-14(23)18-8-10-4-6-22(7-5-10)9-11-19-13(17)12(16)21-20-11/h10H,4-9H2,1-3H3,(H,18,23)(H2,17,19,20). The molecule has 1 aromatic heterocycles. The molecule has 2 heterocycles. The number of halogens is 1. The number of piperidine rings is 1. The largest absolute Gasteiger partial charge is 0.444 e. The third kappa shape index (κ3) is 6.20. The minimum absolute atomic E-state index is 0.352. The van der Waals surface area contributed by atoms with Crippen molar-refractivity contribution >= 4 is 27.8 Å². The molecule has 0 atom stereocenters. The van der Waals surface area contributed by atoms with E-state index in [1.165, 1.54) is 0 Å². The number of rotatable bonds is 4. The smallest absolute Gasteiger partial charge is 0.407 e. The summed E-state index contributed by atoms with van der Waals surface area (Å²) in [5.41, 5.74) is 5.26. The number of carbonyl (C=O) groups is 1. The van der Waals surface area contributed by atoms with Crippen LogP contribution in [0.3, 0.4) is 0 Å². The molecule has 134 valence electrons. The van der Waals surface area contributed by atoms with Crippen molar-refractivity contribution in [2.45, 2.75) is 45.8 Å². The number of anilines is 1. The van der Waals surface area contributed by atoms with Crippen molar-refractivity contribution in [3.05, 3.63) is 10.4 Å². The lowest BCUT2D eigenvalue weighted by Crippen LogP contribution is -2.40. The summed E-state index contributed by atoms with van der Waals surface area (Å²) in [6.07, 6.45) is 1.67. The number of nitrogens with one attached hydrogen (secondary N) is 1. The van der Waals surface area contributed by atoms with Gasteiger partial charge >= 0.3 is 6.09 Å². The number of nitrogens with two attached hydrogens (primary N) is 1. The molecular weight excluding hydrogens is 376 g/mol. The molecule has 1 fully saturated rings. The van der Waals surface area contributed by atoms with Gasteiger partial charge in [-0.15, -0.1) is 10.2 Å². The molecule has 9 heteroatoms. The molecule has 0 bridgehead atoms. The number of alkyl carbamates (subject to hydrolysis) is 1. The lowest BCUT2D eigenvalue weighted by atomic mass is 9.97. The highest BCUT2D eigenvalue weighted by Crippen LogP contribution is 2.19. The summed E-state index contributed by atoms with van der Waals surface area (Å²) < 4.78 is 5.72. The number of ether oxygens (including phenoxy) is 1. The van der Waals surface area contributed by atoms with Crippen LogP contribution in [0, 0.1) is 5.92 Å². The van der Waals surface area contributed by atoms with Gasteiger partial charge in [-0.2, -0.15) is 0 Å². The summed E-state index contributed by atoms with van der Waals surface area (Å²) in [6, 6.07) is 0. The highest BCUT2D eigenvalue weighted by molar-refractivity contribution is 9.10. The van der Waals surface area contributed by atoms with Gasteiger partial charge in [-0.1, -0.05) is 0 Å². The summed E-state index contributed by atoms with van der Waals surface area (Å²) in [5.74, 6) is 1.44. The molecule has 8 nitrogen and oxygen atoms in total. The first-order chi connectivity index (χ1) is 11.2. The molecule has 0 saturated carbocycles. The van der Waals surface area contributed by atoms with Crippen molar-refractivity contribution in [1.82, 2.24) is 25.4 Å². The SMILES string of the molecule is CC(C)(C)OC(=O)NCC1CCN(Cc2nnc(Br)c(N)n2)CC1. The Balaban J connectivity index is 1.71. The quantitative estimate of drug-likeness (QED) is 0.794. The van der Waals surface area contributed by atoms with Crippen LogP contribution < -0.4 is 11.1 Å². The number of hydrogen-bond donors (Lipinski definition) is 2. The molecule has 1 amide bonds. The van der Waals surface area contributed by atoms with Gasteiger partial charge in [0.15, 0.2) is 16.2 Å². The minimum Gasteiger partial charge on any atom is -0.444 e. The Hall–Kier alpha value is -1.48. The molecule has 0 aromatic carbocycles. The van der Waals surface area contributed by atoms with Crippen LogP contribution in [0.25, 0.3) is 0 Å². The topological polar surface area (TPSA) is 106 Å². The fraction of sp³-hybridized carbons (Fsp3) is 0.733. The second kappa shape index (κ2) is 8.06. The minimum atomic E-state index is -0.464. The predicted molar refractivity (Wildman–Crippen MR) is 94.2 cm³/mol. The van der Waals surface area contributed by atoms with Gasteiger partial charge < -0.3 is 15.8 Å². The van der Waals surface area contributed by atoms with Crippen LogP contribution in [0.4, 0.5) is 10.6 Å². The van der Waals surface area contributed by atoms with Crippen LogP contribution in [0.15, 0.2) is 4.60 Å². The maximum absolute atomic E-state index is 11.7. The van der Waals surface area contributed by atoms with E-state index in [4.69, 9.17) is 10.5 Å². The summed E-state index contributed by atoms with van der Waals surface area (Å²) in [7, 11) is 0. The molecule has 24 heavy (non-hydrogen) atoms. The number of likely N-dealkylation sites (tertiary alicyclic amines) is 1. The average molecular weight is 401 g/mol. The van der Waals surface area contributed by atoms with Crippen LogP contribution in [0.2, 0.25) is 0 Å².